The van der Waals surface area contributed by atoms with E-state index in [4.69, 9.17) is 5.11 Å². The van der Waals surface area contributed by atoms with Crippen LogP contribution in [0.1, 0.15) is 33.9 Å². The van der Waals surface area contributed by atoms with Crippen LogP contribution in [0, 0.1) is 5.92 Å². The van der Waals surface area contributed by atoms with Gasteiger partial charge in [-0.3, -0.25) is 4.90 Å². The summed E-state index contributed by atoms with van der Waals surface area (Å²) in [6, 6.07) is 10.4. The zero-order chi connectivity index (χ0) is 16.8. The molecule has 5 heteroatoms. The van der Waals surface area contributed by atoms with Crippen LogP contribution in [0.15, 0.2) is 41.8 Å². The molecule has 1 N–H and O–H groups in total. The predicted octanol–water partition coefficient (Wildman–Crippen LogP) is 3.81. The fourth-order valence-corrected chi connectivity index (χ4v) is 4.02. The number of hydrogen-bond acceptors (Lipinski definition) is 4. The fraction of sp³-hybridized carbons (Fsp3) is 0.368. The molecule has 0 saturated carbocycles. The maximum Gasteiger partial charge on any atom is 0.355 e. The molecule has 4 nitrogen and oxygen atoms in total. The lowest BCUT2D eigenvalue weighted by Crippen LogP contribution is -2.36. The van der Waals surface area contributed by atoms with Gasteiger partial charge in [-0.1, -0.05) is 42.5 Å². The van der Waals surface area contributed by atoms with Crippen LogP contribution in [-0.2, 0) is 6.42 Å². The molecule has 0 radical (unpaired) electrons. The van der Waals surface area contributed by atoms with Crippen LogP contribution in [-0.4, -0.2) is 40.6 Å². The Morgan fingerprint density at radius 1 is 1.38 bits per heavy atom. The van der Waals surface area contributed by atoms with Crippen LogP contribution in [0.4, 0.5) is 0 Å². The number of thiazole rings is 1. The van der Waals surface area contributed by atoms with Gasteiger partial charge >= 0.3 is 5.97 Å². The Morgan fingerprint density at radius 2 is 2.21 bits per heavy atom. The van der Waals surface area contributed by atoms with Gasteiger partial charge in [0.1, 0.15) is 0 Å². The molecular weight excluding hydrogens is 320 g/mol. The molecule has 1 aromatic carbocycles. The van der Waals surface area contributed by atoms with E-state index in [1.165, 1.54) is 29.7 Å². The van der Waals surface area contributed by atoms with Crippen LogP contribution in [0.5, 0.6) is 0 Å². The quantitative estimate of drug-likeness (QED) is 0.867. The van der Waals surface area contributed by atoms with Gasteiger partial charge in [-0.15, -0.1) is 11.3 Å². The first-order valence-electron chi connectivity index (χ1n) is 8.32. The zero-order valence-corrected chi connectivity index (χ0v) is 14.4. The predicted molar refractivity (Wildman–Crippen MR) is 97.4 cm³/mol. The number of aromatic nitrogens is 1. The van der Waals surface area contributed by atoms with E-state index in [1.54, 1.807) is 5.38 Å². The molecule has 0 spiro atoms. The number of hydrogen-bond donors (Lipinski definition) is 1. The SMILES string of the molecule is O=C(O)c1csc(CC2CCCN(C/C=C/c3ccccc3)C2)n1. The van der Waals surface area contributed by atoms with Crippen molar-refractivity contribution in [2.45, 2.75) is 19.3 Å². The molecule has 126 valence electrons. The van der Waals surface area contributed by atoms with Crippen LogP contribution >= 0.6 is 11.3 Å². The summed E-state index contributed by atoms with van der Waals surface area (Å²) in [5, 5.41) is 11.5. The van der Waals surface area contributed by atoms with Gasteiger partial charge in [0, 0.05) is 24.9 Å². The molecular formula is C19H22N2O2S. The largest absolute Gasteiger partial charge is 0.476 e. The number of piperidine rings is 1. The molecule has 1 aliphatic rings. The molecule has 24 heavy (non-hydrogen) atoms. The highest BCUT2D eigenvalue weighted by Crippen LogP contribution is 2.22. The van der Waals surface area contributed by atoms with Gasteiger partial charge in [-0.05, 0) is 30.9 Å². The second kappa shape index (κ2) is 8.22. The Balaban J connectivity index is 1.50. The summed E-state index contributed by atoms with van der Waals surface area (Å²) in [6.07, 6.45) is 7.67. The third-order valence-electron chi connectivity index (χ3n) is 4.31. The summed E-state index contributed by atoms with van der Waals surface area (Å²) in [6.45, 7) is 3.15. The number of nitrogens with zero attached hydrogens (tertiary/aromatic N) is 2. The third-order valence-corrected chi connectivity index (χ3v) is 5.18. The molecule has 0 bridgehead atoms. The van der Waals surface area contributed by atoms with E-state index in [0.29, 0.717) is 5.92 Å². The first-order chi connectivity index (χ1) is 11.7. The Hall–Kier alpha value is -1.98. The lowest BCUT2D eigenvalue weighted by atomic mass is 9.95. The number of carboxylic acid groups (broad SMARTS) is 1. The van der Waals surface area contributed by atoms with Gasteiger partial charge in [0.05, 0.1) is 5.01 Å². The highest BCUT2D eigenvalue weighted by molar-refractivity contribution is 7.09. The number of aromatic carboxylic acids is 1. The lowest BCUT2D eigenvalue weighted by Gasteiger charge is -2.31. The average molecular weight is 342 g/mol. The second-order valence-electron chi connectivity index (χ2n) is 6.22. The van der Waals surface area contributed by atoms with Crippen molar-refractivity contribution in [3.8, 4) is 0 Å². The maximum absolute atomic E-state index is 10.9. The van der Waals surface area contributed by atoms with E-state index in [0.717, 1.165) is 31.1 Å². The van der Waals surface area contributed by atoms with Gasteiger partial charge in [0.25, 0.3) is 0 Å². The molecule has 1 fully saturated rings. The van der Waals surface area contributed by atoms with Crippen molar-refractivity contribution < 1.29 is 9.90 Å². The first kappa shape index (κ1) is 16.9. The van der Waals surface area contributed by atoms with Gasteiger partial charge in [-0.2, -0.15) is 0 Å². The van der Waals surface area contributed by atoms with Gasteiger partial charge in [0.2, 0.25) is 0 Å². The van der Waals surface area contributed by atoms with Crippen molar-refractivity contribution in [3.63, 3.8) is 0 Å². The molecule has 3 rings (SSSR count). The van der Waals surface area contributed by atoms with Crippen LogP contribution < -0.4 is 0 Å². The minimum absolute atomic E-state index is 0.174. The third kappa shape index (κ3) is 4.76. The summed E-state index contributed by atoms with van der Waals surface area (Å²) in [5.41, 5.74) is 1.41. The van der Waals surface area contributed by atoms with Gasteiger partial charge in [0.15, 0.2) is 5.69 Å². The van der Waals surface area contributed by atoms with E-state index in [-0.39, 0.29) is 5.69 Å². The van der Waals surface area contributed by atoms with Crippen LogP contribution in [0.3, 0.4) is 0 Å². The minimum atomic E-state index is -0.936. The van der Waals surface area contributed by atoms with E-state index in [2.05, 4.69) is 46.3 Å². The van der Waals surface area contributed by atoms with Crippen molar-refractivity contribution in [3.05, 3.63) is 58.1 Å². The lowest BCUT2D eigenvalue weighted by molar-refractivity contribution is 0.0691. The topological polar surface area (TPSA) is 53.4 Å². The van der Waals surface area contributed by atoms with Crippen LogP contribution in [0.2, 0.25) is 0 Å². The molecule has 1 aliphatic heterocycles. The Morgan fingerprint density at radius 3 is 2.96 bits per heavy atom. The fourth-order valence-electron chi connectivity index (χ4n) is 3.14. The zero-order valence-electron chi connectivity index (χ0n) is 13.6. The van der Waals surface area contributed by atoms with E-state index >= 15 is 0 Å². The summed E-state index contributed by atoms with van der Waals surface area (Å²) < 4.78 is 0. The molecule has 0 amide bonds. The molecule has 1 saturated heterocycles. The van der Waals surface area contributed by atoms with Crippen molar-refractivity contribution in [1.82, 2.24) is 9.88 Å². The average Bonchev–Trinajstić information content (AvgIpc) is 3.05. The normalized spacial score (nSPS) is 18.9. The first-order valence-corrected chi connectivity index (χ1v) is 9.20. The minimum Gasteiger partial charge on any atom is -0.476 e. The Labute approximate surface area is 146 Å². The van der Waals surface area contributed by atoms with Gasteiger partial charge < -0.3 is 5.11 Å². The Bertz CT molecular complexity index is 696. The standard InChI is InChI=1S/C19H22N2O2S/c22-19(23)17-14-24-18(20-17)12-16-9-5-11-21(13-16)10-4-8-15-6-2-1-3-7-15/h1-4,6-8,14,16H,5,9-13H2,(H,22,23)/b8-4+. The smallest absolute Gasteiger partial charge is 0.355 e. The summed E-state index contributed by atoms with van der Waals surface area (Å²) in [4.78, 5) is 17.6. The highest BCUT2D eigenvalue weighted by atomic mass is 32.1. The molecule has 2 heterocycles. The van der Waals surface area contributed by atoms with Crippen molar-refractivity contribution in [2.75, 3.05) is 19.6 Å². The number of carboxylic acids is 1. The maximum atomic E-state index is 10.9. The molecule has 1 atom stereocenters. The van der Waals surface area contributed by atoms with Crippen molar-refractivity contribution >= 4 is 23.4 Å². The number of carbonyl (C=O) groups is 1. The van der Waals surface area contributed by atoms with Crippen molar-refractivity contribution in [1.29, 1.82) is 0 Å². The molecule has 1 unspecified atom stereocenters. The summed E-state index contributed by atoms with van der Waals surface area (Å²) in [7, 11) is 0. The summed E-state index contributed by atoms with van der Waals surface area (Å²) >= 11 is 1.46. The monoisotopic (exact) mass is 342 g/mol. The second-order valence-corrected chi connectivity index (χ2v) is 7.16. The molecule has 1 aromatic heterocycles. The van der Waals surface area contributed by atoms with E-state index < -0.39 is 5.97 Å². The number of benzene rings is 1. The van der Waals surface area contributed by atoms with Crippen LogP contribution in [0.25, 0.3) is 6.08 Å². The molecule has 0 aliphatic carbocycles. The van der Waals surface area contributed by atoms with Gasteiger partial charge in [-0.25, -0.2) is 9.78 Å². The van der Waals surface area contributed by atoms with Crippen molar-refractivity contribution in [2.24, 2.45) is 5.92 Å². The molecule has 2 aromatic rings. The number of rotatable bonds is 6. The Kier molecular flexibility index (Phi) is 5.77. The number of likely N-dealkylation sites (tertiary alicyclic amines) is 1. The van der Waals surface area contributed by atoms with E-state index in [1.807, 2.05) is 6.07 Å². The van der Waals surface area contributed by atoms with E-state index in [9.17, 15) is 4.79 Å². The highest BCUT2D eigenvalue weighted by Gasteiger charge is 2.21. The summed E-state index contributed by atoms with van der Waals surface area (Å²) in [5.74, 6) is -0.370.